The first-order valence-electron chi connectivity index (χ1n) is 13.0. The number of nitrogens with one attached hydrogen (secondary N) is 1. The maximum absolute atomic E-state index is 13.4. The normalized spacial score (nSPS) is 21.1. The molecule has 3 N–H and O–H groups in total. The van der Waals surface area contributed by atoms with Crippen LogP contribution in [0.1, 0.15) is 54.8 Å². The third-order valence-electron chi connectivity index (χ3n) is 7.37. The van der Waals surface area contributed by atoms with Gasteiger partial charge in [0.25, 0.3) is 18.5 Å². The number of aromatic nitrogens is 2. The van der Waals surface area contributed by atoms with E-state index in [1.165, 1.54) is 43.4 Å². The number of carbonyl (C=O) groups is 2. The van der Waals surface area contributed by atoms with Gasteiger partial charge in [0.05, 0.1) is 0 Å². The van der Waals surface area contributed by atoms with Gasteiger partial charge in [-0.2, -0.15) is 0 Å². The fraction of sp³-hybridized carbons (Fsp3) is 0.556. The highest BCUT2D eigenvalue weighted by Gasteiger charge is 2.35. The van der Waals surface area contributed by atoms with E-state index in [-0.39, 0.29) is 18.5 Å². The van der Waals surface area contributed by atoms with Crippen LogP contribution >= 0.6 is 0 Å². The highest BCUT2D eigenvalue weighted by Crippen LogP contribution is 2.36. The van der Waals surface area contributed by atoms with E-state index in [2.05, 4.69) is 42.9 Å². The lowest BCUT2D eigenvalue weighted by atomic mass is 9.82. The van der Waals surface area contributed by atoms with E-state index in [9.17, 15) is 4.79 Å². The molecule has 10 nitrogen and oxygen atoms in total. The summed E-state index contributed by atoms with van der Waals surface area (Å²) in [7, 11) is 1.93. The zero-order valence-corrected chi connectivity index (χ0v) is 21.6. The molecule has 202 valence electrons. The maximum Gasteiger partial charge on any atom is 0.290 e. The fourth-order valence-electron chi connectivity index (χ4n) is 5.91. The standard InChI is InChI=1S/C25H35N5O.2CH2O2/c1-26-24-20(7-6-10-27-24)16-29-14-19-13-22(18-29)23-9-8-21(25(31)30(23)15-19)17-28-11-4-2-3-5-12-28;2*2-1-3/h6-10,19,22H,2-5,11-18H2,1H3,(H,26,27);2*1H,(H,2,3)/t19-,22+;;/m0../s1. The van der Waals surface area contributed by atoms with Crippen LogP contribution in [0, 0.1) is 5.92 Å². The average Bonchev–Trinajstić information content (AvgIpc) is 3.16. The van der Waals surface area contributed by atoms with Crippen LogP contribution in [-0.4, -0.2) is 75.7 Å². The monoisotopic (exact) mass is 513 g/mol. The van der Waals surface area contributed by atoms with Crippen molar-refractivity contribution in [3.8, 4) is 0 Å². The summed E-state index contributed by atoms with van der Waals surface area (Å²) in [5, 5.41) is 17.0. The number of rotatable bonds is 5. The Morgan fingerprint density at radius 1 is 0.946 bits per heavy atom. The number of pyridine rings is 2. The summed E-state index contributed by atoms with van der Waals surface area (Å²) in [4.78, 5) is 39.6. The molecule has 2 aromatic heterocycles. The van der Waals surface area contributed by atoms with Crippen molar-refractivity contribution >= 4 is 18.8 Å². The molecule has 10 heteroatoms. The first-order valence-corrected chi connectivity index (χ1v) is 13.0. The molecule has 2 bridgehead atoms. The topological polar surface area (TPSA) is 128 Å². The highest BCUT2D eigenvalue weighted by molar-refractivity contribution is 5.43. The van der Waals surface area contributed by atoms with Crippen LogP contribution in [0.4, 0.5) is 5.82 Å². The van der Waals surface area contributed by atoms with Crippen LogP contribution in [0.5, 0.6) is 0 Å². The number of nitrogens with zero attached hydrogens (tertiary/aromatic N) is 4. The Morgan fingerprint density at radius 2 is 1.62 bits per heavy atom. The Hall–Kier alpha value is -3.24. The summed E-state index contributed by atoms with van der Waals surface area (Å²) >= 11 is 0. The molecule has 0 radical (unpaired) electrons. The Morgan fingerprint density at radius 3 is 2.30 bits per heavy atom. The van der Waals surface area contributed by atoms with Crippen molar-refractivity contribution < 1.29 is 19.8 Å². The number of likely N-dealkylation sites (tertiary alicyclic amines) is 2. The molecule has 37 heavy (non-hydrogen) atoms. The number of piperidine rings is 1. The summed E-state index contributed by atoms with van der Waals surface area (Å²) in [6, 6.07) is 8.55. The SMILES string of the molecule is CNc1ncccc1CN1C[C@@H]2C[C@H](C1)c1ccc(CN3CCCCCC3)c(=O)n1C2.O=CO.O=CO. The Balaban J connectivity index is 0.000000580. The van der Waals surface area contributed by atoms with E-state index in [1.807, 2.05) is 19.3 Å². The first kappa shape index (κ1) is 28.3. The molecular formula is C27H39N5O5. The predicted octanol–water partition coefficient (Wildman–Crippen LogP) is 2.68. The number of carboxylic acid groups (broad SMARTS) is 2. The highest BCUT2D eigenvalue weighted by atomic mass is 16.3. The number of hydrogen-bond donors (Lipinski definition) is 3. The zero-order valence-electron chi connectivity index (χ0n) is 21.6. The van der Waals surface area contributed by atoms with E-state index in [4.69, 9.17) is 19.8 Å². The quantitative estimate of drug-likeness (QED) is 0.517. The summed E-state index contributed by atoms with van der Waals surface area (Å²) in [6.07, 6.45) is 8.22. The third kappa shape index (κ3) is 7.62. The van der Waals surface area contributed by atoms with Crippen molar-refractivity contribution in [3.63, 3.8) is 0 Å². The molecule has 0 saturated carbocycles. The largest absolute Gasteiger partial charge is 0.483 e. The number of hydrogen-bond acceptors (Lipinski definition) is 7. The van der Waals surface area contributed by atoms with Crippen LogP contribution in [-0.2, 0) is 29.2 Å². The molecule has 3 aliphatic rings. The molecule has 2 atom stereocenters. The van der Waals surface area contributed by atoms with E-state index in [0.717, 1.165) is 57.2 Å². The second kappa shape index (κ2) is 14.5. The van der Waals surface area contributed by atoms with Gasteiger partial charge in [0.1, 0.15) is 5.82 Å². The van der Waals surface area contributed by atoms with Gasteiger partial charge >= 0.3 is 0 Å². The molecule has 3 aliphatic heterocycles. The van der Waals surface area contributed by atoms with Gasteiger partial charge in [0, 0.05) is 68.7 Å². The Labute approximate surface area is 217 Å². The Kier molecular flexibility index (Phi) is 11.1. The van der Waals surface area contributed by atoms with Crippen molar-refractivity contribution in [3.05, 3.63) is 57.6 Å². The number of anilines is 1. The summed E-state index contributed by atoms with van der Waals surface area (Å²) in [5.74, 6) is 1.96. The Bertz CT molecular complexity index is 1060. The van der Waals surface area contributed by atoms with Crippen LogP contribution in [0.3, 0.4) is 0 Å². The average molecular weight is 514 g/mol. The van der Waals surface area contributed by atoms with Gasteiger partial charge in [-0.3, -0.25) is 24.2 Å². The van der Waals surface area contributed by atoms with E-state index in [1.54, 1.807) is 0 Å². The summed E-state index contributed by atoms with van der Waals surface area (Å²) in [5.41, 5.74) is 3.73. The van der Waals surface area contributed by atoms with Gasteiger partial charge in [-0.05, 0) is 50.4 Å². The maximum atomic E-state index is 13.4. The van der Waals surface area contributed by atoms with Gasteiger partial charge in [-0.25, -0.2) is 4.98 Å². The molecule has 0 amide bonds. The molecular weight excluding hydrogens is 474 g/mol. The van der Waals surface area contributed by atoms with Gasteiger partial charge in [0.2, 0.25) is 0 Å². The minimum atomic E-state index is -0.250. The van der Waals surface area contributed by atoms with Crippen molar-refractivity contribution in [2.24, 2.45) is 5.92 Å². The van der Waals surface area contributed by atoms with E-state index < -0.39 is 0 Å². The van der Waals surface area contributed by atoms with Crippen LogP contribution in [0.15, 0.2) is 35.3 Å². The van der Waals surface area contributed by atoms with Crippen LogP contribution in [0.2, 0.25) is 0 Å². The van der Waals surface area contributed by atoms with Gasteiger partial charge in [-0.15, -0.1) is 0 Å². The zero-order chi connectivity index (χ0) is 26.6. The molecule has 2 fully saturated rings. The lowest BCUT2D eigenvalue weighted by Crippen LogP contribution is -2.47. The second-order valence-corrected chi connectivity index (χ2v) is 9.85. The van der Waals surface area contributed by atoms with Gasteiger partial charge in [-0.1, -0.05) is 25.0 Å². The lowest BCUT2D eigenvalue weighted by Gasteiger charge is -2.43. The van der Waals surface area contributed by atoms with Crippen molar-refractivity contribution in [2.75, 3.05) is 38.5 Å². The van der Waals surface area contributed by atoms with Gasteiger partial charge < -0.3 is 20.1 Å². The van der Waals surface area contributed by atoms with Crippen molar-refractivity contribution in [1.82, 2.24) is 19.4 Å². The van der Waals surface area contributed by atoms with Crippen molar-refractivity contribution in [1.29, 1.82) is 0 Å². The van der Waals surface area contributed by atoms with E-state index in [0.29, 0.717) is 11.8 Å². The first-order chi connectivity index (χ1) is 18.0. The fourth-order valence-corrected chi connectivity index (χ4v) is 5.91. The minimum absolute atomic E-state index is 0.250. The van der Waals surface area contributed by atoms with Crippen LogP contribution in [0.25, 0.3) is 0 Å². The number of fused-ring (bicyclic) bond motifs is 4. The smallest absolute Gasteiger partial charge is 0.290 e. The summed E-state index contributed by atoms with van der Waals surface area (Å²) < 4.78 is 2.12. The second-order valence-electron chi connectivity index (χ2n) is 9.85. The lowest BCUT2D eigenvalue weighted by molar-refractivity contribution is -0.123. The van der Waals surface area contributed by atoms with E-state index >= 15 is 0 Å². The van der Waals surface area contributed by atoms with Crippen LogP contribution < -0.4 is 10.9 Å². The molecule has 0 spiro atoms. The molecule has 0 aromatic carbocycles. The molecule has 2 saturated heterocycles. The third-order valence-corrected chi connectivity index (χ3v) is 7.37. The minimum Gasteiger partial charge on any atom is -0.483 e. The molecule has 2 aromatic rings. The van der Waals surface area contributed by atoms with Gasteiger partial charge in [0.15, 0.2) is 0 Å². The molecule has 0 aliphatic carbocycles. The predicted molar refractivity (Wildman–Crippen MR) is 142 cm³/mol. The molecule has 0 unspecified atom stereocenters. The van der Waals surface area contributed by atoms with Crippen molar-refractivity contribution in [2.45, 2.75) is 57.7 Å². The molecule has 5 heterocycles. The molecule has 5 rings (SSSR count). The summed E-state index contributed by atoms with van der Waals surface area (Å²) in [6.45, 7) is 6.41.